The van der Waals surface area contributed by atoms with Crippen LogP contribution in [0.4, 0.5) is 11.4 Å². The first kappa shape index (κ1) is 25.0. The number of ether oxygens (including phenoxy) is 1. The van der Waals surface area contributed by atoms with Crippen molar-refractivity contribution in [3.63, 3.8) is 0 Å². The predicted octanol–water partition coefficient (Wildman–Crippen LogP) is 3.85. The molecule has 1 aliphatic carbocycles. The van der Waals surface area contributed by atoms with E-state index >= 15 is 0 Å². The predicted molar refractivity (Wildman–Crippen MR) is 114 cm³/mol. The van der Waals surface area contributed by atoms with Crippen molar-refractivity contribution < 1.29 is 9.53 Å². The number of benzene rings is 1. The van der Waals surface area contributed by atoms with Gasteiger partial charge in [-0.1, -0.05) is 19.9 Å². The van der Waals surface area contributed by atoms with Crippen molar-refractivity contribution in [3.8, 4) is 0 Å². The average molecular weight is 406 g/mol. The molecule has 2 unspecified atom stereocenters. The molecule has 0 bridgehead atoms. The fourth-order valence-electron chi connectivity index (χ4n) is 3.16. The molecule has 1 aliphatic rings. The van der Waals surface area contributed by atoms with Gasteiger partial charge in [-0.2, -0.15) is 0 Å². The molecule has 0 saturated heterocycles. The van der Waals surface area contributed by atoms with Gasteiger partial charge in [0, 0.05) is 42.9 Å². The first-order valence-electron chi connectivity index (χ1n) is 8.68. The molecule has 0 spiro atoms. The fraction of sp³-hybridized carbons (Fsp3) is 0.632. The molecule has 0 aromatic heterocycles. The monoisotopic (exact) mass is 405 g/mol. The van der Waals surface area contributed by atoms with Crippen molar-refractivity contribution in [1.29, 1.82) is 0 Å². The standard InChI is InChI=1S/C19H31N3O2.2ClH/c1-7-24-16-12-19(20,18(16,4)5)17(23)21-14-9-8-10-15(11-14)22(6)13(2)3;;/h8-11,13,16H,7,12,20H2,1-6H3,(H,21,23);2*1H. The zero-order valence-electron chi connectivity index (χ0n) is 16.5. The highest BCUT2D eigenvalue weighted by Gasteiger charge is 2.62. The number of rotatable bonds is 6. The Kier molecular flexibility index (Phi) is 8.91. The van der Waals surface area contributed by atoms with E-state index in [1.807, 2.05) is 52.1 Å². The lowest BCUT2D eigenvalue weighted by Crippen LogP contribution is -2.74. The number of amides is 1. The Morgan fingerprint density at radius 3 is 2.50 bits per heavy atom. The Morgan fingerprint density at radius 1 is 1.38 bits per heavy atom. The van der Waals surface area contributed by atoms with Crippen LogP contribution in [0.25, 0.3) is 0 Å². The van der Waals surface area contributed by atoms with Gasteiger partial charge in [0.25, 0.3) is 0 Å². The second kappa shape index (κ2) is 9.27. The maximum Gasteiger partial charge on any atom is 0.245 e. The van der Waals surface area contributed by atoms with Crippen LogP contribution >= 0.6 is 24.8 Å². The Hall–Kier alpha value is -1.01. The van der Waals surface area contributed by atoms with Gasteiger partial charge >= 0.3 is 0 Å². The van der Waals surface area contributed by atoms with E-state index in [9.17, 15) is 4.79 Å². The summed E-state index contributed by atoms with van der Waals surface area (Å²) in [6.45, 7) is 10.9. The lowest BCUT2D eigenvalue weighted by atomic mass is 9.54. The molecule has 0 radical (unpaired) electrons. The minimum absolute atomic E-state index is 0. The molecule has 1 aromatic rings. The fourth-order valence-corrected chi connectivity index (χ4v) is 3.16. The number of hydrogen-bond acceptors (Lipinski definition) is 4. The highest BCUT2D eigenvalue weighted by molar-refractivity contribution is 6.00. The van der Waals surface area contributed by atoms with Gasteiger partial charge in [0.1, 0.15) is 5.54 Å². The summed E-state index contributed by atoms with van der Waals surface area (Å²) in [4.78, 5) is 15.0. The van der Waals surface area contributed by atoms with Crippen LogP contribution in [0.2, 0.25) is 0 Å². The van der Waals surface area contributed by atoms with Crippen molar-refractivity contribution in [1.82, 2.24) is 0 Å². The Morgan fingerprint density at radius 2 is 2.00 bits per heavy atom. The zero-order valence-corrected chi connectivity index (χ0v) is 18.2. The van der Waals surface area contributed by atoms with E-state index < -0.39 is 5.54 Å². The van der Waals surface area contributed by atoms with E-state index in [0.29, 0.717) is 19.1 Å². The van der Waals surface area contributed by atoms with Crippen LogP contribution in [0.5, 0.6) is 0 Å². The number of carbonyl (C=O) groups is 1. The van der Waals surface area contributed by atoms with E-state index in [-0.39, 0.29) is 42.2 Å². The molecule has 1 amide bonds. The first-order valence-corrected chi connectivity index (χ1v) is 8.68. The van der Waals surface area contributed by atoms with E-state index in [1.165, 1.54) is 0 Å². The van der Waals surface area contributed by atoms with Crippen molar-refractivity contribution in [2.75, 3.05) is 23.9 Å². The van der Waals surface area contributed by atoms with Gasteiger partial charge < -0.3 is 20.7 Å². The van der Waals surface area contributed by atoms with Crippen LogP contribution in [-0.2, 0) is 9.53 Å². The zero-order chi connectivity index (χ0) is 18.1. The number of halogens is 2. The number of hydrogen-bond donors (Lipinski definition) is 2. The van der Waals surface area contributed by atoms with Gasteiger partial charge in [-0.15, -0.1) is 24.8 Å². The molecule has 0 aliphatic heterocycles. The SMILES string of the molecule is CCOC1CC(N)(C(=O)Nc2cccc(N(C)C(C)C)c2)C1(C)C.Cl.Cl. The van der Waals surface area contributed by atoms with Crippen LogP contribution < -0.4 is 16.0 Å². The summed E-state index contributed by atoms with van der Waals surface area (Å²) in [5.41, 5.74) is 6.97. The van der Waals surface area contributed by atoms with E-state index in [2.05, 4.69) is 24.1 Å². The van der Waals surface area contributed by atoms with Crippen LogP contribution in [0.3, 0.4) is 0 Å². The second-order valence-electron chi connectivity index (χ2n) is 7.55. The van der Waals surface area contributed by atoms with E-state index in [1.54, 1.807) is 0 Å². The minimum Gasteiger partial charge on any atom is -0.378 e. The summed E-state index contributed by atoms with van der Waals surface area (Å²) >= 11 is 0. The van der Waals surface area contributed by atoms with Gasteiger partial charge in [0.05, 0.1) is 6.10 Å². The Balaban J connectivity index is 0.00000312. The number of nitrogens with one attached hydrogen (secondary N) is 1. The molecule has 2 atom stereocenters. The molecule has 150 valence electrons. The molecular weight excluding hydrogens is 373 g/mol. The summed E-state index contributed by atoms with van der Waals surface area (Å²) in [6, 6.07) is 8.24. The third-order valence-corrected chi connectivity index (χ3v) is 5.52. The summed E-state index contributed by atoms with van der Waals surface area (Å²) in [6.07, 6.45) is 0.572. The lowest BCUT2D eigenvalue weighted by molar-refractivity contribution is -0.166. The molecule has 1 aromatic carbocycles. The quantitative estimate of drug-likeness (QED) is 0.753. The number of nitrogens with zero attached hydrogens (tertiary/aromatic N) is 1. The number of anilines is 2. The number of nitrogens with two attached hydrogens (primary N) is 1. The normalized spacial score (nSPS) is 23.3. The summed E-state index contributed by atoms with van der Waals surface area (Å²) in [5, 5.41) is 2.99. The highest BCUT2D eigenvalue weighted by atomic mass is 35.5. The molecule has 7 heteroatoms. The molecule has 5 nitrogen and oxygen atoms in total. The largest absolute Gasteiger partial charge is 0.378 e. The van der Waals surface area contributed by atoms with Crippen molar-refractivity contribution in [3.05, 3.63) is 24.3 Å². The molecule has 3 N–H and O–H groups in total. The van der Waals surface area contributed by atoms with Crippen LogP contribution in [0, 0.1) is 5.41 Å². The molecular formula is C19H33Cl2N3O2. The summed E-state index contributed by atoms with van der Waals surface area (Å²) in [5.74, 6) is -0.146. The third kappa shape index (κ3) is 4.45. The van der Waals surface area contributed by atoms with Gasteiger partial charge in [0.2, 0.25) is 5.91 Å². The van der Waals surface area contributed by atoms with Crippen LogP contribution in [-0.4, -0.2) is 37.2 Å². The topological polar surface area (TPSA) is 67.6 Å². The molecule has 2 rings (SSSR count). The summed E-state index contributed by atoms with van der Waals surface area (Å²) < 4.78 is 5.70. The van der Waals surface area contributed by atoms with Gasteiger partial charge in [-0.3, -0.25) is 4.79 Å². The number of carbonyl (C=O) groups excluding carboxylic acids is 1. The Labute approximate surface area is 169 Å². The van der Waals surface area contributed by atoms with E-state index in [4.69, 9.17) is 10.5 Å². The Bertz CT molecular complexity index is 610. The highest BCUT2D eigenvalue weighted by Crippen LogP contribution is 2.50. The average Bonchev–Trinajstić information content (AvgIpc) is 2.53. The third-order valence-electron chi connectivity index (χ3n) is 5.52. The lowest BCUT2D eigenvalue weighted by Gasteiger charge is -2.57. The molecule has 0 heterocycles. The maximum atomic E-state index is 12.8. The molecule has 26 heavy (non-hydrogen) atoms. The second-order valence-corrected chi connectivity index (χ2v) is 7.55. The van der Waals surface area contributed by atoms with Crippen LogP contribution in [0.1, 0.15) is 41.0 Å². The van der Waals surface area contributed by atoms with Crippen molar-refractivity contribution in [2.45, 2.75) is 58.7 Å². The smallest absolute Gasteiger partial charge is 0.245 e. The molecule has 1 fully saturated rings. The van der Waals surface area contributed by atoms with Crippen LogP contribution in [0.15, 0.2) is 24.3 Å². The van der Waals surface area contributed by atoms with Gasteiger partial charge in [-0.05, 0) is 39.0 Å². The van der Waals surface area contributed by atoms with Gasteiger partial charge in [0.15, 0.2) is 0 Å². The van der Waals surface area contributed by atoms with E-state index in [0.717, 1.165) is 11.4 Å². The minimum atomic E-state index is -0.910. The summed E-state index contributed by atoms with van der Waals surface area (Å²) in [7, 11) is 2.04. The van der Waals surface area contributed by atoms with Gasteiger partial charge in [-0.25, -0.2) is 0 Å². The maximum absolute atomic E-state index is 12.8. The molecule has 1 saturated carbocycles. The van der Waals surface area contributed by atoms with Crippen molar-refractivity contribution in [2.24, 2.45) is 11.1 Å². The first-order chi connectivity index (χ1) is 11.1. The van der Waals surface area contributed by atoms with Crippen molar-refractivity contribution >= 4 is 42.1 Å².